The molecule has 2 N–H and O–H groups in total. The highest BCUT2D eigenvalue weighted by Gasteiger charge is 2.41. The van der Waals surface area contributed by atoms with Crippen LogP contribution in [0.2, 0.25) is 0 Å². The van der Waals surface area contributed by atoms with Gasteiger partial charge in [0.1, 0.15) is 0 Å². The second-order valence-corrected chi connectivity index (χ2v) is 14.4. The fraction of sp³-hybridized carbons (Fsp3) is 0.850. The van der Waals surface area contributed by atoms with E-state index in [-0.39, 0.29) is 0 Å². The summed E-state index contributed by atoms with van der Waals surface area (Å²) in [5.74, 6) is 3.18. The maximum absolute atomic E-state index is 10.8. The van der Waals surface area contributed by atoms with Crippen LogP contribution < -0.4 is 0 Å². The molecule has 0 saturated heterocycles. The normalized spacial score (nSPS) is 24.4. The van der Waals surface area contributed by atoms with Crippen LogP contribution in [0.5, 0.6) is 0 Å². The molecule has 0 aliphatic heterocycles. The number of aliphatic carboxylic acids is 2. The molecule has 6 unspecified atom stereocenters. The summed E-state index contributed by atoms with van der Waals surface area (Å²) in [6.07, 6.45) is 41.3. The van der Waals surface area contributed by atoms with Crippen LogP contribution in [0.3, 0.4) is 0 Å². The Morgan fingerprint density at radius 1 is 0.432 bits per heavy atom. The topological polar surface area (TPSA) is 74.6 Å². The molecule has 254 valence electrons. The molecule has 6 atom stereocenters. The third-order valence-electron chi connectivity index (χ3n) is 10.8. The fourth-order valence-corrected chi connectivity index (χ4v) is 8.29. The van der Waals surface area contributed by atoms with Crippen LogP contribution >= 0.6 is 0 Å². The summed E-state index contributed by atoms with van der Waals surface area (Å²) in [5, 5.41) is 17.7. The lowest BCUT2D eigenvalue weighted by atomic mass is 9.58. The van der Waals surface area contributed by atoms with Crippen LogP contribution in [-0.4, -0.2) is 22.2 Å². The molecule has 0 spiro atoms. The number of allylic oxidation sites excluding steroid dienone is 4. The van der Waals surface area contributed by atoms with Crippen LogP contribution in [0.25, 0.3) is 0 Å². The van der Waals surface area contributed by atoms with Crippen LogP contribution in [0.15, 0.2) is 24.3 Å². The predicted octanol–water partition coefficient (Wildman–Crippen LogP) is 12.2. The van der Waals surface area contributed by atoms with E-state index in [1.54, 1.807) is 0 Å². The first-order valence-electron chi connectivity index (χ1n) is 19.3. The monoisotopic (exact) mass is 615 g/mol. The van der Waals surface area contributed by atoms with Crippen molar-refractivity contribution in [2.45, 2.75) is 181 Å². The third-order valence-corrected chi connectivity index (χ3v) is 10.8. The van der Waals surface area contributed by atoms with Crippen molar-refractivity contribution < 1.29 is 19.8 Å². The molecular weight excluding hydrogens is 544 g/mol. The Balaban J connectivity index is 1.94. The number of rotatable bonds is 28. The Morgan fingerprint density at radius 2 is 0.750 bits per heavy atom. The lowest BCUT2D eigenvalue weighted by Gasteiger charge is -2.46. The lowest BCUT2D eigenvalue weighted by Crippen LogP contribution is -2.39. The second-order valence-electron chi connectivity index (χ2n) is 14.4. The van der Waals surface area contributed by atoms with Crippen LogP contribution in [0.4, 0.5) is 0 Å². The van der Waals surface area contributed by atoms with Gasteiger partial charge in [0.2, 0.25) is 0 Å². The first-order chi connectivity index (χ1) is 21.5. The van der Waals surface area contributed by atoms with Crippen molar-refractivity contribution in [3.63, 3.8) is 0 Å². The summed E-state index contributed by atoms with van der Waals surface area (Å²) in [6.45, 7) is 4.65. The standard InChI is InChI=1S/C40H70O4/c1-3-5-17-23-33-29-31-38-36(26-20-14-10-8-12-16-22-28-40(43)44)34(30-32-37(38)35(33)25-18-6-4-2)24-19-13-9-7-11-15-21-27-39(41)42/h29-38H,3-28H2,1-2H3,(H,41,42)(H,43,44). The molecule has 0 aromatic rings. The minimum absolute atomic E-state index is 0.317. The van der Waals surface area contributed by atoms with E-state index >= 15 is 0 Å². The van der Waals surface area contributed by atoms with Crippen LogP contribution in [-0.2, 0) is 9.59 Å². The summed E-state index contributed by atoms with van der Waals surface area (Å²) >= 11 is 0. The SMILES string of the molecule is CCCCCC1C=CC2C(C=CC(CCCCCCCCCC(=O)O)C2CCCCCCCCCC(=O)O)C1CCCCC. The predicted molar refractivity (Wildman–Crippen MR) is 186 cm³/mol. The second kappa shape index (κ2) is 24.6. The number of carbonyl (C=O) groups is 2. The van der Waals surface area contributed by atoms with Gasteiger partial charge in [-0.25, -0.2) is 0 Å². The molecule has 2 aliphatic rings. The molecule has 0 radical (unpaired) electrons. The summed E-state index contributed by atoms with van der Waals surface area (Å²) in [7, 11) is 0. The molecule has 4 nitrogen and oxygen atoms in total. The van der Waals surface area contributed by atoms with Crippen molar-refractivity contribution >= 4 is 11.9 Å². The van der Waals surface area contributed by atoms with Crippen molar-refractivity contribution in [1.82, 2.24) is 0 Å². The van der Waals surface area contributed by atoms with Gasteiger partial charge in [-0.05, 0) is 74.0 Å². The molecule has 4 heteroatoms. The van der Waals surface area contributed by atoms with Gasteiger partial charge in [0, 0.05) is 12.8 Å². The number of carboxylic acid groups (broad SMARTS) is 2. The van der Waals surface area contributed by atoms with Crippen molar-refractivity contribution in [3.05, 3.63) is 24.3 Å². The van der Waals surface area contributed by atoms with Crippen molar-refractivity contribution in [3.8, 4) is 0 Å². The minimum atomic E-state index is -0.664. The van der Waals surface area contributed by atoms with Gasteiger partial charge in [0.25, 0.3) is 0 Å². The highest BCUT2D eigenvalue weighted by molar-refractivity contribution is 5.66. The van der Waals surface area contributed by atoms with Crippen molar-refractivity contribution in [1.29, 1.82) is 0 Å². The lowest BCUT2D eigenvalue weighted by molar-refractivity contribution is -0.138. The Bertz CT molecular complexity index is 801. The number of fused-ring (bicyclic) bond motifs is 1. The fourth-order valence-electron chi connectivity index (χ4n) is 8.29. The number of unbranched alkanes of at least 4 members (excludes halogenated alkanes) is 16. The van der Waals surface area contributed by atoms with E-state index in [9.17, 15) is 9.59 Å². The van der Waals surface area contributed by atoms with E-state index in [0.29, 0.717) is 24.7 Å². The Morgan fingerprint density at radius 3 is 1.14 bits per heavy atom. The zero-order chi connectivity index (χ0) is 31.8. The van der Waals surface area contributed by atoms with Crippen LogP contribution in [0, 0.1) is 35.5 Å². The summed E-state index contributed by atoms with van der Waals surface area (Å²) in [4.78, 5) is 21.5. The molecule has 2 rings (SSSR count). The summed E-state index contributed by atoms with van der Waals surface area (Å²) in [5.41, 5.74) is 0. The Kier molecular flexibility index (Phi) is 21.6. The van der Waals surface area contributed by atoms with E-state index < -0.39 is 11.9 Å². The number of hydrogen-bond acceptors (Lipinski definition) is 2. The zero-order valence-electron chi connectivity index (χ0n) is 28.9. The van der Waals surface area contributed by atoms with Gasteiger partial charge in [-0.3, -0.25) is 9.59 Å². The van der Waals surface area contributed by atoms with Gasteiger partial charge >= 0.3 is 11.9 Å². The average molecular weight is 615 g/mol. The maximum Gasteiger partial charge on any atom is 0.303 e. The highest BCUT2D eigenvalue weighted by Crippen LogP contribution is 2.50. The first-order valence-corrected chi connectivity index (χ1v) is 19.3. The molecule has 0 aromatic heterocycles. The molecule has 44 heavy (non-hydrogen) atoms. The van der Waals surface area contributed by atoms with Gasteiger partial charge in [-0.15, -0.1) is 0 Å². The summed E-state index contributed by atoms with van der Waals surface area (Å²) in [6, 6.07) is 0. The largest absolute Gasteiger partial charge is 0.481 e. The molecular formula is C40H70O4. The molecule has 0 amide bonds. The zero-order valence-corrected chi connectivity index (χ0v) is 28.9. The Labute approximate surface area is 271 Å². The van der Waals surface area contributed by atoms with E-state index in [0.717, 1.165) is 49.4 Å². The van der Waals surface area contributed by atoms with Crippen LogP contribution in [0.1, 0.15) is 181 Å². The van der Waals surface area contributed by atoms with E-state index in [4.69, 9.17) is 10.2 Å². The number of hydrogen-bond donors (Lipinski definition) is 2. The van der Waals surface area contributed by atoms with Gasteiger partial charge < -0.3 is 10.2 Å². The molecule has 0 heterocycles. The van der Waals surface area contributed by atoms with Gasteiger partial charge in [0.05, 0.1) is 0 Å². The Hall–Kier alpha value is -1.58. The highest BCUT2D eigenvalue weighted by atomic mass is 16.4. The molecule has 0 saturated carbocycles. The smallest absolute Gasteiger partial charge is 0.303 e. The minimum Gasteiger partial charge on any atom is -0.481 e. The maximum atomic E-state index is 10.8. The van der Waals surface area contributed by atoms with E-state index in [1.165, 1.54) is 128 Å². The average Bonchev–Trinajstić information content (AvgIpc) is 3.00. The quantitative estimate of drug-likeness (QED) is 0.0679. The van der Waals surface area contributed by atoms with Gasteiger partial charge in [0.15, 0.2) is 0 Å². The molecule has 0 aromatic carbocycles. The molecule has 0 fully saturated rings. The van der Waals surface area contributed by atoms with Gasteiger partial charge in [-0.1, -0.05) is 154 Å². The van der Waals surface area contributed by atoms with E-state index in [2.05, 4.69) is 38.2 Å². The van der Waals surface area contributed by atoms with Gasteiger partial charge in [-0.2, -0.15) is 0 Å². The molecule has 2 aliphatic carbocycles. The van der Waals surface area contributed by atoms with Crippen molar-refractivity contribution in [2.75, 3.05) is 0 Å². The third kappa shape index (κ3) is 16.1. The summed E-state index contributed by atoms with van der Waals surface area (Å²) < 4.78 is 0. The number of carboxylic acids is 2. The first kappa shape index (κ1) is 38.6. The molecule has 0 bridgehead atoms. The van der Waals surface area contributed by atoms with Crippen molar-refractivity contribution in [2.24, 2.45) is 35.5 Å². The van der Waals surface area contributed by atoms with E-state index in [1.807, 2.05) is 0 Å².